The molecule has 0 saturated carbocycles. The van der Waals surface area contributed by atoms with Gasteiger partial charge in [-0.15, -0.1) is 0 Å². The van der Waals surface area contributed by atoms with Crippen molar-refractivity contribution in [2.45, 2.75) is 31.8 Å². The van der Waals surface area contributed by atoms with Crippen LogP contribution in [0.1, 0.15) is 25.7 Å². The largest absolute Gasteiger partial charge is 0.497 e. The van der Waals surface area contributed by atoms with Crippen LogP contribution in [0.15, 0.2) is 24.3 Å². The molecule has 1 amide bonds. The van der Waals surface area contributed by atoms with Crippen molar-refractivity contribution in [3.05, 3.63) is 24.3 Å². The highest BCUT2D eigenvalue weighted by atomic mass is 16.5. The van der Waals surface area contributed by atoms with Crippen LogP contribution in [0.4, 0.5) is 5.69 Å². The van der Waals surface area contributed by atoms with Crippen molar-refractivity contribution in [2.24, 2.45) is 5.73 Å². The van der Waals surface area contributed by atoms with Gasteiger partial charge in [0, 0.05) is 31.8 Å². The Hall–Kier alpha value is -1.75. The summed E-state index contributed by atoms with van der Waals surface area (Å²) in [4.78, 5) is 13.2. The predicted molar refractivity (Wildman–Crippen MR) is 82.6 cm³/mol. The van der Waals surface area contributed by atoms with Crippen molar-refractivity contribution in [1.82, 2.24) is 0 Å². The van der Waals surface area contributed by atoms with Crippen LogP contribution in [-0.4, -0.2) is 38.8 Å². The van der Waals surface area contributed by atoms with Gasteiger partial charge >= 0.3 is 0 Å². The molecule has 1 aliphatic heterocycles. The molecule has 1 atom stereocenters. The molecule has 0 spiro atoms. The first-order valence-corrected chi connectivity index (χ1v) is 7.48. The second-order valence-electron chi connectivity index (χ2n) is 5.35. The third-order valence-corrected chi connectivity index (χ3v) is 3.76. The van der Waals surface area contributed by atoms with E-state index in [1.54, 1.807) is 7.11 Å². The highest BCUT2D eigenvalue weighted by Crippen LogP contribution is 2.22. The van der Waals surface area contributed by atoms with Crippen LogP contribution >= 0.6 is 0 Å². The smallest absolute Gasteiger partial charge is 0.219 e. The van der Waals surface area contributed by atoms with Gasteiger partial charge in [0.05, 0.1) is 13.2 Å². The Labute approximate surface area is 126 Å². The van der Waals surface area contributed by atoms with Gasteiger partial charge in [-0.05, 0) is 43.5 Å². The van der Waals surface area contributed by atoms with Crippen molar-refractivity contribution in [2.75, 3.05) is 31.7 Å². The molecule has 1 unspecified atom stereocenters. The molecular weight excluding hydrogens is 268 g/mol. The Balaban J connectivity index is 2.03. The van der Waals surface area contributed by atoms with Gasteiger partial charge in [0.25, 0.3) is 0 Å². The van der Waals surface area contributed by atoms with Gasteiger partial charge in [0.1, 0.15) is 5.75 Å². The zero-order chi connectivity index (χ0) is 15.1. The van der Waals surface area contributed by atoms with Gasteiger partial charge in [0.15, 0.2) is 0 Å². The lowest BCUT2D eigenvalue weighted by atomic mass is 10.1. The van der Waals surface area contributed by atoms with E-state index in [1.807, 2.05) is 24.3 Å². The zero-order valence-corrected chi connectivity index (χ0v) is 12.6. The Bertz CT molecular complexity index is 441. The van der Waals surface area contributed by atoms with E-state index in [0.717, 1.165) is 37.4 Å². The van der Waals surface area contributed by atoms with Crippen molar-refractivity contribution in [1.29, 1.82) is 0 Å². The normalized spacial score (nSPS) is 18.2. The minimum atomic E-state index is -0.280. The summed E-state index contributed by atoms with van der Waals surface area (Å²) >= 11 is 0. The zero-order valence-electron chi connectivity index (χ0n) is 12.6. The lowest BCUT2D eigenvalue weighted by Gasteiger charge is -2.31. The van der Waals surface area contributed by atoms with Crippen molar-refractivity contribution in [3.8, 4) is 5.75 Å². The van der Waals surface area contributed by atoms with Crippen molar-refractivity contribution >= 4 is 11.6 Å². The first-order chi connectivity index (χ1) is 10.2. The third-order valence-electron chi connectivity index (χ3n) is 3.76. The summed E-state index contributed by atoms with van der Waals surface area (Å²) < 4.78 is 11.0. The average molecular weight is 292 g/mol. The lowest BCUT2D eigenvalue weighted by molar-refractivity contribution is -0.117. The van der Waals surface area contributed by atoms with Gasteiger partial charge in [-0.3, -0.25) is 4.79 Å². The molecular formula is C16H24N2O3. The minimum absolute atomic E-state index is 0.230. The third kappa shape index (κ3) is 4.93. The van der Waals surface area contributed by atoms with Crippen LogP contribution in [0.3, 0.4) is 0 Å². The van der Waals surface area contributed by atoms with E-state index in [-0.39, 0.29) is 12.0 Å². The van der Waals surface area contributed by atoms with Gasteiger partial charge < -0.3 is 20.1 Å². The molecule has 0 aromatic heterocycles. The highest BCUT2D eigenvalue weighted by molar-refractivity contribution is 5.74. The second kappa shape index (κ2) is 7.88. The van der Waals surface area contributed by atoms with E-state index in [1.165, 1.54) is 6.42 Å². The highest BCUT2D eigenvalue weighted by Gasteiger charge is 2.18. The second-order valence-corrected chi connectivity index (χ2v) is 5.35. The minimum Gasteiger partial charge on any atom is -0.497 e. The summed E-state index contributed by atoms with van der Waals surface area (Å²) in [6.07, 6.45) is 3.99. The molecule has 2 N–H and O–H groups in total. The van der Waals surface area contributed by atoms with Crippen molar-refractivity contribution in [3.63, 3.8) is 0 Å². The Kier molecular flexibility index (Phi) is 5.87. The van der Waals surface area contributed by atoms with Crippen LogP contribution in [0.2, 0.25) is 0 Å². The summed E-state index contributed by atoms with van der Waals surface area (Å²) in [5.74, 6) is 0.542. The van der Waals surface area contributed by atoms with E-state index in [2.05, 4.69) is 4.90 Å². The number of hydrogen-bond donors (Lipinski definition) is 1. The lowest BCUT2D eigenvalue weighted by Crippen LogP contribution is -2.37. The fourth-order valence-corrected chi connectivity index (χ4v) is 2.56. The summed E-state index contributed by atoms with van der Waals surface area (Å²) in [5.41, 5.74) is 6.34. The maximum atomic E-state index is 11.1. The molecule has 0 bridgehead atoms. The number of benzene rings is 1. The monoisotopic (exact) mass is 292 g/mol. The molecule has 5 heteroatoms. The Morgan fingerprint density at radius 2 is 2.14 bits per heavy atom. The van der Waals surface area contributed by atoms with Crippen LogP contribution < -0.4 is 15.4 Å². The summed E-state index contributed by atoms with van der Waals surface area (Å²) in [6, 6.07) is 7.86. The van der Waals surface area contributed by atoms with Gasteiger partial charge in [-0.1, -0.05) is 0 Å². The topological polar surface area (TPSA) is 64.8 Å². The number of nitrogens with zero attached hydrogens (tertiary/aromatic N) is 1. The van der Waals surface area contributed by atoms with Crippen LogP contribution in [0, 0.1) is 0 Å². The van der Waals surface area contributed by atoms with E-state index in [4.69, 9.17) is 15.2 Å². The number of rotatable bonds is 7. The maximum Gasteiger partial charge on any atom is 0.219 e. The number of ether oxygens (including phenoxy) is 2. The maximum absolute atomic E-state index is 11.1. The summed E-state index contributed by atoms with van der Waals surface area (Å²) in [5, 5.41) is 0. The van der Waals surface area contributed by atoms with Crippen LogP contribution in [-0.2, 0) is 9.53 Å². The fourth-order valence-electron chi connectivity index (χ4n) is 2.56. The number of amides is 1. The molecule has 21 heavy (non-hydrogen) atoms. The quantitative estimate of drug-likeness (QED) is 0.834. The molecule has 1 aromatic rings. The van der Waals surface area contributed by atoms with Crippen LogP contribution in [0.5, 0.6) is 5.75 Å². The molecule has 5 nitrogen and oxygen atoms in total. The standard InChI is InChI=1S/C16H24N2O3/c1-20-14-7-5-13(6-8-14)18(10-9-16(17)19)12-15-4-2-3-11-21-15/h5-8,15H,2-4,9-12H2,1H3,(H2,17,19). The number of methoxy groups -OCH3 is 1. The molecule has 1 saturated heterocycles. The summed E-state index contributed by atoms with van der Waals surface area (Å²) in [7, 11) is 1.65. The fraction of sp³-hybridized carbons (Fsp3) is 0.562. The SMILES string of the molecule is COc1ccc(N(CCC(N)=O)CC2CCCCO2)cc1. The number of nitrogens with two attached hydrogens (primary N) is 1. The number of carbonyl (C=O) groups is 1. The molecule has 1 aliphatic rings. The van der Waals surface area contributed by atoms with E-state index in [0.29, 0.717) is 13.0 Å². The number of primary amides is 1. The molecule has 0 aliphatic carbocycles. The van der Waals surface area contributed by atoms with E-state index >= 15 is 0 Å². The van der Waals surface area contributed by atoms with E-state index < -0.39 is 0 Å². The van der Waals surface area contributed by atoms with Crippen molar-refractivity contribution < 1.29 is 14.3 Å². The Morgan fingerprint density at radius 1 is 1.38 bits per heavy atom. The average Bonchev–Trinajstić information content (AvgIpc) is 2.52. The Morgan fingerprint density at radius 3 is 2.71 bits per heavy atom. The molecule has 116 valence electrons. The first-order valence-electron chi connectivity index (χ1n) is 7.48. The molecule has 0 radical (unpaired) electrons. The number of anilines is 1. The van der Waals surface area contributed by atoms with Gasteiger partial charge in [-0.25, -0.2) is 0 Å². The number of carbonyl (C=O) groups excluding carboxylic acids is 1. The molecule has 1 heterocycles. The van der Waals surface area contributed by atoms with E-state index in [9.17, 15) is 4.79 Å². The van der Waals surface area contributed by atoms with Gasteiger partial charge in [0.2, 0.25) is 5.91 Å². The summed E-state index contributed by atoms with van der Waals surface area (Å²) in [6.45, 7) is 2.23. The van der Waals surface area contributed by atoms with Gasteiger partial charge in [-0.2, -0.15) is 0 Å². The predicted octanol–water partition coefficient (Wildman–Crippen LogP) is 1.95. The molecule has 1 aromatic carbocycles. The molecule has 2 rings (SSSR count). The number of hydrogen-bond acceptors (Lipinski definition) is 4. The molecule has 1 fully saturated rings. The first kappa shape index (κ1) is 15.6. The van der Waals surface area contributed by atoms with Crippen LogP contribution in [0.25, 0.3) is 0 Å².